The first kappa shape index (κ1) is 9.92. The Morgan fingerprint density at radius 1 is 1.46 bits per heavy atom. The SMILES string of the molecule is C1=NNCC(c2nccs2)=C1.CC. The number of aromatic nitrogens is 1. The van der Waals surface area contributed by atoms with E-state index in [1.165, 1.54) is 5.57 Å². The standard InChI is InChI=1S/C7H7N3S.C2H6/c1-2-9-10-5-6(1)7-8-3-4-11-7;1-2/h1-4,10H,5H2;1-2H3. The smallest absolute Gasteiger partial charge is 0.121 e. The zero-order valence-electron chi connectivity index (χ0n) is 7.82. The molecule has 0 radical (unpaired) electrons. The number of rotatable bonds is 1. The number of allylic oxidation sites excluding steroid dienone is 1. The highest BCUT2D eigenvalue weighted by Gasteiger charge is 2.04. The summed E-state index contributed by atoms with van der Waals surface area (Å²) in [4.78, 5) is 4.19. The third-order valence-electron chi connectivity index (χ3n) is 1.42. The maximum atomic E-state index is 4.19. The molecule has 0 aromatic carbocycles. The Hall–Kier alpha value is -1.16. The largest absolute Gasteiger partial charge is 0.306 e. The molecule has 70 valence electrons. The van der Waals surface area contributed by atoms with E-state index in [1.54, 1.807) is 17.6 Å². The van der Waals surface area contributed by atoms with Crippen LogP contribution in [-0.4, -0.2) is 17.7 Å². The van der Waals surface area contributed by atoms with Gasteiger partial charge in [-0.15, -0.1) is 11.3 Å². The summed E-state index contributed by atoms with van der Waals surface area (Å²) in [5.41, 5.74) is 4.09. The second-order valence-corrected chi connectivity index (χ2v) is 3.04. The average Bonchev–Trinajstić information content (AvgIpc) is 2.75. The summed E-state index contributed by atoms with van der Waals surface area (Å²) >= 11 is 1.65. The lowest BCUT2D eigenvalue weighted by Gasteiger charge is -2.05. The lowest BCUT2D eigenvalue weighted by molar-refractivity contribution is 0.833. The average molecular weight is 195 g/mol. The molecular weight excluding hydrogens is 182 g/mol. The molecule has 1 aliphatic heterocycles. The van der Waals surface area contributed by atoms with E-state index in [0.29, 0.717) is 0 Å². The number of nitrogens with one attached hydrogen (secondary N) is 1. The maximum absolute atomic E-state index is 4.19. The Kier molecular flexibility index (Phi) is 4.18. The number of hydrogen-bond acceptors (Lipinski definition) is 4. The molecule has 0 aliphatic carbocycles. The second kappa shape index (κ2) is 5.48. The van der Waals surface area contributed by atoms with Crippen LogP contribution < -0.4 is 5.43 Å². The normalized spacial score (nSPS) is 13.8. The van der Waals surface area contributed by atoms with Gasteiger partial charge in [0.2, 0.25) is 0 Å². The molecule has 2 heterocycles. The first-order chi connectivity index (χ1) is 6.47. The van der Waals surface area contributed by atoms with Crippen LogP contribution in [0.4, 0.5) is 0 Å². The van der Waals surface area contributed by atoms with Gasteiger partial charge in [0.15, 0.2) is 0 Å². The van der Waals surface area contributed by atoms with Gasteiger partial charge in [0.05, 0.1) is 6.54 Å². The van der Waals surface area contributed by atoms with Crippen LogP contribution in [0.25, 0.3) is 5.57 Å². The van der Waals surface area contributed by atoms with Gasteiger partial charge in [0, 0.05) is 23.4 Å². The Bertz CT molecular complexity index is 288. The minimum atomic E-state index is 0.782. The van der Waals surface area contributed by atoms with Crippen molar-refractivity contribution < 1.29 is 0 Å². The third-order valence-corrected chi connectivity index (χ3v) is 2.27. The van der Waals surface area contributed by atoms with Crippen molar-refractivity contribution >= 4 is 23.1 Å². The molecular formula is C9H13N3S. The van der Waals surface area contributed by atoms with Crippen molar-refractivity contribution in [3.8, 4) is 0 Å². The van der Waals surface area contributed by atoms with Gasteiger partial charge < -0.3 is 5.43 Å². The Morgan fingerprint density at radius 2 is 2.31 bits per heavy atom. The fourth-order valence-corrected chi connectivity index (χ4v) is 1.56. The lowest BCUT2D eigenvalue weighted by atomic mass is 10.2. The van der Waals surface area contributed by atoms with Gasteiger partial charge in [-0.3, -0.25) is 0 Å². The number of hydrogen-bond donors (Lipinski definition) is 1. The highest BCUT2D eigenvalue weighted by Crippen LogP contribution is 2.16. The van der Waals surface area contributed by atoms with Crippen LogP contribution in [0.3, 0.4) is 0 Å². The third kappa shape index (κ3) is 2.66. The quantitative estimate of drug-likeness (QED) is 0.745. The van der Waals surface area contributed by atoms with E-state index in [2.05, 4.69) is 15.5 Å². The Morgan fingerprint density at radius 3 is 2.85 bits per heavy atom. The van der Waals surface area contributed by atoms with Crippen LogP contribution in [0, 0.1) is 0 Å². The first-order valence-electron chi connectivity index (χ1n) is 4.32. The predicted molar refractivity (Wildman–Crippen MR) is 57.9 cm³/mol. The minimum absolute atomic E-state index is 0.782. The van der Waals surface area contributed by atoms with Gasteiger partial charge in [-0.05, 0) is 6.08 Å². The number of nitrogens with zero attached hydrogens (tertiary/aromatic N) is 2. The van der Waals surface area contributed by atoms with Crippen LogP contribution in [0.15, 0.2) is 22.8 Å². The van der Waals surface area contributed by atoms with Crippen molar-refractivity contribution in [2.45, 2.75) is 13.8 Å². The second-order valence-electron chi connectivity index (χ2n) is 2.14. The summed E-state index contributed by atoms with van der Waals surface area (Å²) in [6, 6.07) is 0. The Labute approximate surface area is 82.2 Å². The maximum Gasteiger partial charge on any atom is 0.121 e. The van der Waals surface area contributed by atoms with E-state index in [9.17, 15) is 0 Å². The predicted octanol–water partition coefficient (Wildman–Crippen LogP) is 2.14. The van der Waals surface area contributed by atoms with Crippen molar-refractivity contribution in [3.63, 3.8) is 0 Å². The summed E-state index contributed by atoms with van der Waals surface area (Å²) in [7, 11) is 0. The van der Waals surface area contributed by atoms with E-state index in [0.717, 1.165) is 11.6 Å². The van der Waals surface area contributed by atoms with Crippen molar-refractivity contribution in [1.29, 1.82) is 0 Å². The van der Waals surface area contributed by atoms with Gasteiger partial charge >= 0.3 is 0 Å². The summed E-state index contributed by atoms with van der Waals surface area (Å²) in [6.45, 7) is 4.78. The molecule has 13 heavy (non-hydrogen) atoms. The lowest BCUT2D eigenvalue weighted by Crippen LogP contribution is -2.13. The van der Waals surface area contributed by atoms with Crippen molar-refractivity contribution in [3.05, 3.63) is 22.7 Å². The molecule has 0 saturated carbocycles. The van der Waals surface area contributed by atoms with Crippen LogP contribution in [0.5, 0.6) is 0 Å². The Balaban J connectivity index is 0.000000396. The van der Waals surface area contributed by atoms with Crippen molar-refractivity contribution in [2.24, 2.45) is 5.10 Å². The van der Waals surface area contributed by atoms with E-state index >= 15 is 0 Å². The molecule has 0 amide bonds. The van der Waals surface area contributed by atoms with Crippen LogP contribution in [-0.2, 0) is 0 Å². The minimum Gasteiger partial charge on any atom is -0.306 e. The molecule has 0 spiro atoms. The topological polar surface area (TPSA) is 37.3 Å². The molecule has 0 saturated heterocycles. The van der Waals surface area contributed by atoms with E-state index in [-0.39, 0.29) is 0 Å². The van der Waals surface area contributed by atoms with Gasteiger partial charge in [0.25, 0.3) is 0 Å². The first-order valence-corrected chi connectivity index (χ1v) is 5.20. The molecule has 3 nitrogen and oxygen atoms in total. The fourth-order valence-electron chi connectivity index (χ4n) is 0.899. The van der Waals surface area contributed by atoms with Gasteiger partial charge in [-0.1, -0.05) is 13.8 Å². The van der Waals surface area contributed by atoms with Crippen molar-refractivity contribution in [2.75, 3.05) is 6.54 Å². The molecule has 0 atom stereocenters. The van der Waals surface area contributed by atoms with Crippen LogP contribution in [0.1, 0.15) is 18.9 Å². The molecule has 1 aromatic heterocycles. The summed E-state index contributed by atoms with van der Waals surface area (Å²) in [6.07, 6.45) is 5.54. The van der Waals surface area contributed by atoms with Crippen LogP contribution in [0.2, 0.25) is 0 Å². The highest BCUT2D eigenvalue weighted by molar-refractivity contribution is 7.10. The van der Waals surface area contributed by atoms with Crippen molar-refractivity contribution in [1.82, 2.24) is 10.4 Å². The van der Waals surface area contributed by atoms with E-state index in [1.807, 2.05) is 31.5 Å². The molecule has 0 unspecified atom stereocenters. The van der Waals surface area contributed by atoms with Crippen LogP contribution >= 0.6 is 11.3 Å². The summed E-state index contributed by atoms with van der Waals surface area (Å²) in [5.74, 6) is 0. The number of thiazole rings is 1. The molecule has 0 fully saturated rings. The zero-order valence-corrected chi connectivity index (χ0v) is 8.64. The van der Waals surface area contributed by atoms with E-state index in [4.69, 9.17) is 0 Å². The van der Waals surface area contributed by atoms with Gasteiger partial charge in [-0.25, -0.2) is 4.98 Å². The van der Waals surface area contributed by atoms with Gasteiger partial charge in [-0.2, -0.15) is 5.10 Å². The number of hydrazone groups is 1. The van der Waals surface area contributed by atoms with E-state index < -0.39 is 0 Å². The monoisotopic (exact) mass is 195 g/mol. The molecule has 1 aromatic rings. The fraction of sp³-hybridized carbons (Fsp3) is 0.333. The summed E-state index contributed by atoms with van der Waals surface area (Å²) < 4.78 is 0. The zero-order chi connectivity index (χ0) is 9.52. The molecule has 1 N–H and O–H groups in total. The molecule has 0 bridgehead atoms. The molecule has 4 heteroatoms. The molecule has 2 rings (SSSR count). The summed E-state index contributed by atoms with van der Waals surface area (Å²) in [5, 5.41) is 6.91. The van der Waals surface area contributed by atoms with Gasteiger partial charge in [0.1, 0.15) is 5.01 Å². The molecule has 1 aliphatic rings. The highest BCUT2D eigenvalue weighted by atomic mass is 32.1.